The maximum absolute atomic E-state index is 14.4. The van der Waals surface area contributed by atoms with Crippen molar-refractivity contribution in [2.24, 2.45) is 0 Å². The fourth-order valence-electron chi connectivity index (χ4n) is 4.27. The fourth-order valence-corrected chi connectivity index (χ4v) is 4.27. The van der Waals surface area contributed by atoms with E-state index in [4.69, 9.17) is 0 Å². The van der Waals surface area contributed by atoms with Gasteiger partial charge in [0.1, 0.15) is 11.6 Å². The number of nitrogens with one attached hydrogen (secondary N) is 1. The maximum Gasteiger partial charge on any atom is 0.255 e. The van der Waals surface area contributed by atoms with Crippen LogP contribution in [-0.2, 0) is 0 Å². The number of halogens is 2. The number of rotatable bonds is 5. The molecule has 6 nitrogen and oxygen atoms in total. The summed E-state index contributed by atoms with van der Waals surface area (Å²) in [5, 5.41) is 16.6. The van der Waals surface area contributed by atoms with Crippen molar-refractivity contribution in [3.05, 3.63) is 65.5 Å². The van der Waals surface area contributed by atoms with Crippen LogP contribution >= 0.6 is 0 Å². The van der Waals surface area contributed by atoms with Crippen molar-refractivity contribution >= 4 is 17.1 Å². The Kier molecular flexibility index (Phi) is 4.47. The highest BCUT2D eigenvalue weighted by molar-refractivity contribution is 6.01. The lowest BCUT2D eigenvalue weighted by Crippen LogP contribution is -2.39. The Labute approximate surface area is 172 Å². The normalized spacial score (nSPS) is 20.0. The molecule has 0 radical (unpaired) electrons. The summed E-state index contributed by atoms with van der Waals surface area (Å²) in [6.45, 7) is 0.623. The zero-order valence-electron chi connectivity index (χ0n) is 16.3. The number of amides is 1. The van der Waals surface area contributed by atoms with Crippen molar-refractivity contribution in [1.29, 1.82) is 0 Å². The Hall–Kier alpha value is -3.00. The van der Waals surface area contributed by atoms with Crippen LogP contribution in [0.2, 0.25) is 0 Å². The van der Waals surface area contributed by atoms with Crippen LogP contribution in [0.5, 0.6) is 0 Å². The highest BCUT2D eigenvalue weighted by atomic mass is 19.1. The Balaban J connectivity index is 1.48. The summed E-state index contributed by atoms with van der Waals surface area (Å²) >= 11 is 0. The first-order valence-electron chi connectivity index (χ1n) is 10.1. The molecule has 3 heterocycles. The van der Waals surface area contributed by atoms with E-state index in [2.05, 4.69) is 10.4 Å². The third-order valence-electron chi connectivity index (χ3n) is 6.19. The van der Waals surface area contributed by atoms with Gasteiger partial charge >= 0.3 is 0 Å². The number of carbonyl (C=O) groups excluding carboxylic acids is 1. The molecule has 0 bridgehead atoms. The highest BCUT2D eigenvalue weighted by Crippen LogP contribution is 2.38. The zero-order chi connectivity index (χ0) is 20.9. The summed E-state index contributed by atoms with van der Waals surface area (Å²) in [4.78, 5) is 14.8. The van der Waals surface area contributed by atoms with Crippen LogP contribution in [0.4, 0.5) is 14.5 Å². The molecule has 2 aliphatic rings. The van der Waals surface area contributed by atoms with Gasteiger partial charge in [0.2, 0.25) is 0 Å². The molecular weight excluding hydrogens is 390 g/mol. The fraction of sp³-hybridized carbons (Fsp3) is 0.364. The van der Waals surface area contributed by atoms with Crippen LogP contribution in [-0.4, -0.2) is 39.3 Å². The molecule has 1 aliphatic heterocycles. The van der Waals surface area contributed by atoms with E-state index in [1.165, 1.54) is 18.3 Å². The van der Waals surface area contributed by atoms with Gasteiger partial charge in [-0.3, -0.25) is 4.79 Å². The van der Waals surface area contributed by atoms with E-state index in [-0.39, 0.29) is 18.6 Å². The Morgan fingerprint density at radius 3 is 2.87 bits per heavy atom. The van der Waals surface area contributed by atoms with Crippen LogP contribution in [0, 0.1) is 11.6 Å². The van der Waals surface area contributed by atoms with Crippen molar-refractivity contribution in [3.63, 3.8) is 0 Å². The molecule has 1 atom stereocenters. The van der Waals surface area contributed by atoms with Crippen LogP contribution in [0.3, 0.4) is 0 Å². The number of fused-ring (bicyclic) bond motifs is 1. The first-order valence-corrected chi connectivity index (χ1v) is 10.1. The molecule has 1 saturated heterocycles. The first-order chi connectivity index (χ1) is 14.5. The van der Waals surface area contributed by atoms with Crippen LogP contribution in [0.15, 0.2) is 42.7 Å². The summed E-state index contributed by atoms with van der Waals surface area (Å²) < 4.78 is 29.8. The molecule has 1 unspecified atom stereocenters. The lowest BCUT2D eigenvalue weighted by Gasteiger charge is -2.27. The predicted octanol–water partition coefficient (Wildman–Crippen LogP) is 3.21. The second-order valence-corrected chi connectivity index (χ2v) is 8.18. The van der Waals surface area contributed by atoms with Crippen LogP contribution in [0.1, 0.15) is 47.6 Å². The van der Waals surface area contributed by atoms with Gasteiger partial charge in [-0.25, -0.2) is 13.3 Å². The number of aromatic nitrogens is 2. The zero-order valence-corrected chi connectivity index (χ0v) is 16.3. The first kappa shape index (κ1) is 19.0. The largest absolute Gasteiger partial charge is 0.394 e. The molecule has 1 aromatic carbocycles. The number of benzene rings is 1. The Morgan fingerprint density at radius 1 is 1.27 bits per heavy atom. The number of pyridine rings is 1. The van der Waals surface area contributed by atoms with E-state index in [9.17, 15) is 18.7 Å². The minimum absolute atomic E-state index is 0.0855. The van der Waals surface area contributed by atoms with Gasteiger partial charge in [0, 0.05) is 24.0 Å². The Bertz CT molecular complexity index is 1130. The number of hydrogen-bond donors (Lipinski definition) is 2. The molecule has 1 aliphatic carbocycles. The van der Waals surface area contributed by atoms with Gasteiger partial charge in [0.25, 0.3) is 5.91 Å². The van der Waals surface area contributed by atoms with Gasteiger partial charge in [0.05, 0.1) is 35.5 Å². The van der Waals surface area contributed by atoms with Gasteiger partial charge < -0.3 is 15.3 Å². The van der Waals surface area contributed by atoms with Crippen molar-refractivity contribution in [3.8, 4) is 0 Å². The molecule has 30 heavy (non-hydrogen) atoms. The summed E-state index contributed by atoms with van der Waals surface area (Å²) in [7, 11) is 0. The van der Waals surface area contributed by atoms with Gasteiger partial charge in [-0.05, 0) is 56.0 Å². The van der Waals surface area contributed by atoms with Gasteiger partial charge in [-0.15, -0.1) is 0 Å². The smallest absolute Gasteiger partial charge is 0.255 e. The van der Waals surface area contributed by atoms with E-state index in [1.54, 1.807) is 10.7 Å². The van der Waals surface area contributed by atoms with Crippen molar-refractivity contribution in [2.75, 3.05) is 18.1 Å². The number of aliphatic hydroxyl groups is 1. The Morgan fingerprint density at radius 2 is 2.10 bits per heavy atom. The standard InChI is InChI=1S/C22H22F2N4O2/c23-14-3-4-18(24)16(10-14)19-2-1-8-27(19)15-5-9-28-20(11-15)17(12-25-28)21(30)26-22(13-29)6-7-22/h3-5,9-12,19,29H,1-2,6-8,13H2,(H,26,30). The van der Waals surface area contributed by atoms with Gasteiger partial charge in [-0.2, -0.15) is 5.10 Å². The van der Waals surface area contributed by atoms with E-state index in [1.807, 2.05) is 17.0 Å². The predicted molar refractivity (Wildman–Crippen MR) is 107 cm³/mol. The molecule has 2 fully saturated rings. The molecule has 2 aromatic heterocycles. The third kappa shape index (κ3) is 3.21. The second-order valence-electron chi connectivity index (χ2n) is 8.18. The van der Waals surface area contributed by atoms with E-state index in [0.29, 0.717) is 23.2 Å². The maximum atomic E-state index is 14.4. The highest BCUT2D eigenvalue weighted by Gasteiger charge is 2.43. The summed E-state index contributed by atoms with van der Waals surface area (Å²) in [5.41, 5.74) is 1.70. The molecule has 1 amide bonds. The van der Waals surface area contributed by atoms with Crippen LogP contribution in [0.25, 0.3) is 5.52 Å². The average molecular weight is 412 g/mol. The van der Waals surface area contributed by atoms with Crippen molar-refractivity contribution in [2.45, 2.75) is 37.3 Å². The average Bonchev–Trinajstić information content (AvgIpc) is 3.15. The van der Waals surface area contributed by atoms with E-state index in [0.717, 1.165) is 37.4 Å². The van der Waals surface area contributed by atoms with E-state index < -0.39 is 17.2 Å². The minimum atomic E-state index is -0.516. The van der Waals surface area contributed by atoms with E-state index >= 15 is 0 Å². The molecule has 8 heteroatoms. The van der Waals surface area contributed by atoms with Crippen molar-refractivity contribution < 1.29 is 18.7 Å². The molecule has 1 saturated carbocycles. The number of anilines is 1. The van der Waals surface area contributed by atoms with Crippen LogP contribution < -0.4 is 10.2 Å². The second kappa shape index (κ2) is 7.05. The quantitative estimate of drug-likeness (QED) is 0.675. The molecular formula is C22H22F2N4O2. The number of nitrogens with zero attached hydrogens (tertiary/aromatic N) is 3. The summed E-state index contributed by atoms with van der Waals surface area (Å²) in [6, 6.07) is 7.01. The molecule has 0 spiro atoms. The topological polar surface area (TPSA) is 69.9 Å². The molecule has 5 rings (SSSR count). The SMILES string of the molecule is O=C(NC1(CO)CC1)c1cnn2ccc(N3CCCC3c3cc(F)ccc3F)cc12. The minimum Gasteiger partial charge on any atom is -0.394 e. The van der Waals surface area contributed by atoms with Gasteiger partial charge in [0.15, 0.2) is 0 Å². The lowest BCUT2D eigenvalue weighted by atomic mass is 10.0. The number of hydrogen-bond acceptors (Lipinski definition) is 4. The van der Waals surface area contributed by atoms with Gasteiger partial charge in [-0.1, -0.05) is 0 Å². The summed E-state index contributed by atoms with van der Waals surface area (Å²) in [6.07, 6.45) is 6.37. The monoisotopic (exact) mass is 412 g/mol. The number of carbonyl (C=O) groups is 1. The molecule has 2 N–H and O–H groups in total. The molecule has 156 valence electrons. The van der Waals surface area contributed by atoms with Crippen molar-refractivity contribution in [1.82, 2.24) is 14.9 Å². The molecule has 3 aromatic rings. The summed E-state index contributed by atoms with van der Waals surface area (Å²) in [5.74, 6) is -1.15. The number of aliphatic hydroxyl groups excluding tert-OH is 1. The third-order valence-corrected chi connectivity index (χ3v) is 6.19. The lowest BCUT2D eigenvalue weighted by molar-refractivity contribution is 0.0908.